The van der Waals surface area contributed by atoms with Crippen LogP contribution >= 0.6 is 0 Å². The quantitative estimate of drug-likeness (QED) is 0.824. The van der Waals surface area contributed by atoms with Crippen molar-refractivity contribution in [1.29, 1.82) is 0 Å². The zero-order valence-corrected chi connectivity index (χ0v) is 10.5. The summed E-state index contributed by atoms with van der Waals surface area (Å²) >= 11 is 0. The molecule has 0 fully saturated rings. The lowest BCUT2D eigenvalue weighted by atomic mass is 10.2. The number of methoxy groups -OCH3 is 1. The van der Waals surface area contributed by atoms with Gasteiger partial charge in [-0.2, -0.15) is 0 Å². The highest BCUT2D eigenvalue weighted by atomic mass is 16.5. The van der Waals surface area contributed by atoms with Crippen LogP contribution in [-0.4, -0.2) is 24.0 Å². The zero-order chi connectivity index (χ0) is 13.7. The summed E-state index contributed by atoms with van der Waals surface area (Å²) in [6.07, 6.45) is 3.86. The first-order valence-corrected chi connectivity index (χ1v) is 5.79. The Balaban J connectivity index is 1.96. The monoisotopic (exact) mass is 258 g/mol. The van der Waals surface area contributed by atoms with E-state index < -0.39 is 5.97 Å². The molecule has 2 N–H and O–H groups in total. The van der Waals surface area contributed by atoms with Gasteiger partial charge in [0.05, 0.1) is 19.1 Å². The predicted octanol–water partition coefficient (Wildman–Crippen LogP) is 1.98. The Morgan fingerprint density at radius 1 is 1.21 bits per heavy atom. The molecule has 0 saturated heterocycles. The SMILES string of the molecule is COC(=O)c1ccc(NC(=O)Cc2cc[nH]c2)cc1. The smallest absolute Gasteiger partial charge is 0.337 e. The Hall–Kier alpha value is -2.56. The van der Waals surface area contributed by atoms with E-state index in [-0.39, 0.29) is 5.91 Å². The van der Waals surface area contributed by atoms with E-state index in [4.69, 9.17) is 0 Å². The number of carbonyl (C=O) groups is 2. The number of aromatic nitrogens is 1. The summed E-state index contributed by atoms with van der Waals surface area (Å²) in [4.78, 5) is 25.9. The predicted molar refractivity (Wildman–Crippen MR) is 70.9 cm³/mol. The van der Waals surface area contributed by atoms with E-state index in [9.17, 15) is 9.59 Å². The molecule has 5 heteroatoms. The van der Waals surface area contributed by atoms with Crippen molar-refractivity contribution in [1.82, 2.24) is 4.98 Å². The molecule has 1 aromatic heterocycles. The third kappa shape index (κ3) is 3.45. The molecular formula is C14H14N2O3. The van der Waals surface area contributed by atoms with E-state index in [1.807, 2.05) is 6.07 Å². The molecule has 0 aliphatic rings. The van der Waals surface area contributed by atoms with E-state index in [0.29, 0.717) is 17.7 Å². The number of benzene rings is 1. The fourth-order valence-corrected chi connectivity index (χ4v) is 1.67. The third-order valence-corrected chi connectivity index (χ3v) is 2.62. The summed E-state index contributed by atoms with van der Waals surface area (Å²) in [7, 11) is 1.33. The number of nitrogens with one attached hydrogen (secondary N) is 2. The number of carbonyl (C=O) groups excluding carboxylic acids is 2. The van der Waals surface area contributed by atoms with Crippen LogP contribution in [0.15, 0.2) is 42.7 Å². The fourth-order valence-electron chi connectivity index (χ4n) is 1.67. The van der Waals surface area contributed by atoms with E-state index in [2.05, 4.69) is 15.0 Å². The highest BCUT2D eigenvalue weighted by Gasteiger charge is 2.07. The first-order valence-electron chi connectivity index (χ1n) is 5.79. The van der Waals surface area contributed by atoms with E-state index in [1.54, 1.807) is 36.7 Å². The lowest BCUT2D eigenvalue weighted by Gasteiger charge is -2.05. The van der Waals surface area contributed by atoms with Gasteiger partial charge in [-0.05, 0) is 35.9 Å². The highest BCUT2D eigenvalue weighted by Crippen LogP contribution is 2.11. The second kappa shape index (κ2) is 5.86. The van der Waals surface area contributed by atoms with Gasteiger partial charge in [0.2, 0.25) is 5.91 Å². The van der Waals surface area contributed by atoms with E-state index in [0.717, 1.165) is 5.56 Å². The molecule has 98 valence electrons. The number of rotatable bonds is 4. The second-order valence-corrected chi connectivity index (χ2v) is 4.01. The first-order chi connectivity index (χ1) is 9.19. The van der Waals surface area contributed by atoms with Crippen LogP contribution < -0.4 is 5.32 Å². The molecule has 0 atom stereocenters. The molecule has 0 radical (unpaired) electrons. The molecule has 0 saturated carbocycles. The fraction of sp³-hybridized carbons (Fsp3) is 0.143. The lowest BCUT2D eigenvalue weighted by molar-refractivity contribution is -0.115. The normalized spacial score (nSPS) is 9.95. The number of esters is 1. The van der Waals surface area contributed by atoms with Crippen molar-refractivity contribution in [3.05, 3.63) is 53.9 Å². The van der Waals surface area contributed by atoms with Crippen molar-refractivity contribution in [2.75, 3.05) is 12.4 Å². The number of H-pyrrole nitrogens is 1. The van der Waals surface area contributed by atoms with Gasteiger partial charge in [-0.25, -0.2) is 4.79 Å². The number of ether oxygens (including phenoxy) is 1. The van der Waals surface area contributed by atoms with Gasteiger partial charge in [0, 0.05) is 18.1 Å². The molecule has 1 aromatic carbocycles. The minimum absolute atomic E-state index is 0.106. The largest absolute Gasteiger partial charge is 0.465 e. The molecule has 2 rings (SSSR count). The molecule has 1 heterocycles. The van der Waals surface area contributed by atoms with E-state index in [1.165, 1.54) is 7.11 Å². The van der Waals surface area contributed by atoms with Crippen LogP contribution in [0.3, 0.4) is 0 Å². The number of hydrogen-bond acceptors (Lipinski definition) is 3. The highest BCUT2D eigenvalue weighted by molar-refractivity contribution is 5.93. The first kappa shape index (κ1) is 12.9. The maximum atomic E-state index is 11.7. The Morgan fingerprint density at radius 3 is 2.53 bits per heavy atom. The molecule has 0 aliphatic carbocycles. The van der Waals surface area contributed by atoms with Crippen LogP contribution in [0.2, 0.25) is 0 Å². The summed E-state index contributed by atoms with van der Waals surface area (Å²) in [6.45, 7) is 0. The third-order valence-electron chi connectivity index (χ3n) is 2.62. The van der Waals surface area contributed by atoms with Crippen LogP contribution in [0, 0.1) is 0 Å². The average molecular weight is 258 g/mol. The van der Waals surface area contributed by atoms with Gasteiger partial charge in [-0.1, -0.05) is 0 Å². The van der Waals surface area contributed by atoms with Gasteiger partial charge in [-0.3, -0.25) is 4.79 Å². The summed E-state index contributed by atoms with van der Waals surface area (Å²) < 4.78 is 4.60. The van der Waals surface area contributed by atoms with Crippen molar-refractivity contribution < 1.29 is 14.3 Å². The Bertz CT molecular complexity index is 559. The maximum absolute atomic E-state index is 11.7. The van der Waals surface area contributed by atoms with E-state index >= 15 is 0 Å². The summed E-state index contributed by atoms with van der Waals surface area (Å²) in [5.74, 6) is -0.504. The number of aromatic amines is 1. The standard InChI is InChI=1S/C14H14N2O3/c1-19-14(18)11-2-4-12(5-3-11)16-13(17)8-10-6-7-15-9-10/h2-7,9,15H,8H2,1H3,(H,16,17). The van der Waals surface area contributed by atoms with Crippen molar-refractivity contribution >= 4 is 17.6 Å². The van der Waals surface area contributed by atoms with Crippen LogP contribution in [-0.2, 0) is 16.0 Å². The average Bonchev–Trinajstić information content (AvgIpc) is 2.91. The van der Waals surface area contributed by atoms with Crippen molar-refractivity contribution in [3.63, 3.8) is 0 Å². The number of anilines is 1. The van der Waals surface area contributed by atoms with Gasteiger partial charge in [0.25, 0.3) is 0 Å². The van der Waals surface area contributed by atoms with Gasteiger partial charge >= 0.3 is 5.97 Å². The minimum atomic E-state index is -0.398. The van der Waals surface area contributed by atoms with Crippen LogP contribution in [0.25, 0.3) is 0 Å². The Morgan fingerprint density at radius 2 is 1.95 bits per heavy atom. The number of amides is 1. The minimum Gasteiger partial charge on any atom is -0.465 e. The van der Waals surface area contributed by atoms with Crippen LogP contribution in [0.1, 0.15) is 15.9 Å². The topological polar surface area (TPSA) is 71.2 Å². The summed E-state index contributed by atoms with van der Waals surface area (Å²) in [6, 6.07) is 8.40. The molecule has 0 bridgehead atoms. The summed E-state index contributed by atoms with van der Waals surface area (Å²) in [5, 5.41) is 2.76. The Labute approximate surface area is 110 Å². The van der Waals surface area contributed by atoms with Gasteiger partial charge in [0.15, 0.2) is 0 Å². The van der Waals surface area contributed by atoms with Crippen molar-refractivity contribution in [2.45, 2.75) is 6.42 Å². The maximum Gasteiger partial charge on any atom is 0.337 e. The van der Waals surface area contributed by atoms with Gasteiger partial charge in [-0.15, -0.1) is 0 Å². The molecular weight excluding hydrogens is 244 g/mol. The van der Waals surface area contributed by atoms with Crippen LogP contribution in [0.5, 0.6) is 0 Å². The molecule has 2 aromatic rings. The second-order valence-electron chi connectivity index (χ2n) is 4.01. The molecule has 0 spiro atoms. The molecule has 1 amide bonds. The molecule has 0 aliphatic heterocycles. The molecule has 5 nitrogen and oxygen atoms in total. The lowest BCUT2D eigenvalue weighted by Crippen LogP contribution is -2.14. The molecule has 0 unspecified atom stereocenters. The zero-order valence-electron chi connectivity index (χ0n) is 10.5. The van der Waals surface area contributed by atoms with Gasteiger partial charge in [0.1, 0.15) is 0 Å². The summed E-state index contributed by atoms with van der Waals surface area (Å²) in [5.41, 5.74) is 2.02. The van der Waals surface area contributed by atoms with Gasteiger partial charge < -0.3 is 15.0 Å². The Kier molecular flexibility index (Phi) is 3.97. The van der Waals surface area contributed by atoms with Crippen LogP contribution in [0.4, 0.5) is 5.69 Å². The number of hydrogen-bond donors (Lipinski definition) is 2. The van der Waals surface area contributed by atoms with Crippen molar-refractivity contribution in [3.8, 4) is 0 Å². The molecule has 19 heavy (non-hydrogen) atoms. The van der Waals surface area contributed by atoms with Crippen molar-refractivity contribution in [2.24, 2.45) is 0 Å².